The van der Waals surface area contributed by atoms with Gasteiger partial charge in [0, 0.05) is 17.5 Å². The highest BCUT2D eigenvalue weighted by Gasteiger charge is 2.11. The van der Waals surface area contributed by atoms with Crippen molar-refractivity contribution in [2.24, 2.45) is 5.73 Å². The highest BCUT2D eigenvalue weighted by molar-refractivity contribution is 6.30. The van der Waals surface area contributed by atoms with Crippen LogP contribution in [-0.4, -0.2) is 11.9 Å². The van der Waals surface area contributed by atoms with E-state index in [0.717, 1.165) is 12.0 Å². The molecule has 0 heterocycles. The quantitative estimate of drug-likeness (QED) is 0.849. The Morgan fingerprint density at radius 1 is 1.41 bits per heavy atom. The monoisotopic (exact) mass is 254 g/mol. The summed E-state index contributed by atoms with van der Waals surface area (Å²) in [5.74, 6) is -0.0122. The van der Waals surface area contributed by atoms with Crippen LogP contribution < -0.4 is 11.1 Å². The lowest BCUT2D eigenvalue weighted by atomic mass is 10.1. The molecule has 17 heavy (non-hydrogen) atoms. The van der Waals surface area contributed by atoms with Crippen LogP contribution in [0.3, 0.4) is 0 Å². The first-order valence-electron chi connectivity index (χ1n) is 5.83. The Morgan fingerprint density at radius 3 is 2.53 bits per heavy atom. The van der Waals surface area contributed by atoms with Gasteiger partial charge < -0.3 is 11.1 Å². The summed E-state index contributed by atoms with van der Waals surface area (Å²) >= 11 is 5.81. The lowest BCUT2D eigenvalue weighted by Gasteiger charge is -2.16. The van der Waals surface area contributed by atoms with Crippen molar-refractivity contribution < 1.29 is 4.79 Å². The van der Waals surface area contributed by atoms with Gasteiger partial charge in [-0.2, -0.15) is 0 Å². The summed E-state index contributed by atoms with van der Waals surface area (Å²) in [5, 5.41) is 3.61. The summed E-state index contributed by atoms with van der Waals surface area (Å²) in [6.45, 7) is 3.92. The molecule has 1 aromatic rings. The van der Waals surface area contributed by atoms with Crippen LogP contribution in [0.25, 0.3) is 0 Å². The molecule has 1 unspecified atom stereocenters. The normalized spacial score (nSPS) is 14.1. The van der Waals surface area contributed by atoms with Crippen molar-refractivity contribution >= 4 is 17.5 Å². The van der Waals surface area contributed by atoms with Gasteiger partial charge in [-0.05, 0) is 31.0 Å². The van der Waals surface area contributed by atoms with Crippen molar-refractivity contribution in [2.75, 3.05) is 0 Å². The number of halogens is 1. The summed E-state index contributed by atoms with van der Waals surface area (Å²) in [6, 6.07) is 7.37. The van der Waals surface area contributed by atoms with Crippen molar-refractivity contribution in [2.45, 2.75) is 38.8 Å². The molecule has 1 aromatic carbocycles. The van der Waals surface area contributed by atoms with Gasteiger partial charge in [-0.1, -0.05) is 30.7 Å². The predicted molar refractivity (Wildman–Crippen MR) is 70.9 cm³/mol. The van der Waals surface area contributed by atoms with E-state index in [1.807, 2.05) is 38.1 Å². The maximum absolute atomic E-state index is 11.6. The number of nitrogens with two attached hydrogens (primary N) is 1. The molecule has 0 aromatic heterocycles. The van der Waals surface area contributed by atoms with Gasteiger partial charge in [-0.3, -0.25) is 4.79 Å². The highest BCUT2D eigenvalue weighted by atomic mass is 35.5. The number of carbonyl (C=O) groups is 1. The number of rotatable bonds is 5. The van der Waals surface area contributed by atoms with Gasteiger partial charge in [0.05, 0.1) is 6.04 Å². The minimum Gasteiger partial charge on any atom is -0.350 e. The molecule has 0 radical (unpaired) electrons. The zero-order valence-corrected chi connectivity index (χ0v) is 11.0. The second-order valence-electron chi connectivity index (χ2n) is 4.21. The maximum Gasteiger partial charge on any atom is 0.222 e. The maximum atomic E-state index is 11.6. The van der Waals surface area contributed by atoms with E-state index in [2.05, 4.69) is 5.32 Å². The summed E-state index contributed by atoms with van der Waals surface area (Å²) in [4.78, 5) is 11.6. The van der Waals surface area contributed by atoms with E-state index >= 15 is 0 Å². The summed E-state index contributed by atoms with van der Waals surface area (Å²) < 4.78 is 0. The fourth-order valence-electron chi connectivity index (χ4n) is 1.52. The van der Waals surface area contributed by atoms with Crippen LogP contribution in [0.1, 0.15) is 38.3 Å². The molecule has 2 atom stereocenters. The minimum absolute atomic E-state index is 0.0122. The molecular weight excluding hydrogens is 236 g/mol. The first-order valence-corrected chi connectivity index (χ1v) is 6.21. The van der Waals surface area contributed by atoms with E-state index in [1.165, 1.54) is 0 Å². The molecule has 4 heteroatoms. The molecule has 0 aliphatic carbocycles. The number of hydrogen-bond acceptors (Lipinski definition) is 2. The number of benzene rings is 1. The van der Waals surface area contributed by atoms with Gasteiger partial charge in [0.2, 0.25) is 5.91 Å². The third-order valence-electron chi connectivity index (χ3n) is 2.72. The first kappa shape index (κ1) is 14.0. The molecule has 0 aliphatic heterocycles. The van der Waals surface area contributed by atoms with Crippen LogP contribution in [0.5, 0.6) is 0 Å². The van der Waals surface area contributed by atoms with Crippen LogP contribution in [0.15, 0.2) is 24.3 Å². The van der Waals surface area contributed by atoms with Gasteiger partial charge in [0.25, 0.3) is 0 Å². The molecule has 94 valence electrons. The first-order chi connectivity index (χ1) is 8.02. The zero-order chi connectivity index (χ0) is 12.8. The van der Waals surface area contributed by atoms with Crippen molar-refractivity contribution in [3.8, 4) is 0 Å². The number of carbonyl (C=O) groups excluding carboxylic acids is 1. The van der Waals surface area contributed by atoms with Crippen LogP contribution in [-0.2, 0) is 4.79 Å². The SMILES string of the molecule is CCC(N)CC(=O)N[C@H](C)c1ccc(Cl)cc1. The van der Waals surface area contributed by atoms with Gasteiger partial charge in [0.1, 0.15) is 0 Å². The third kappa shape index (κ3) is 4.75. The number of hydrogen-bond donors (Lipinski definition) is 2. The highest BCUT2D eigenvalue weighted by Crippen LogP contribution is 2.16. The molecule has 0 spiro atoms. The standard InChI is InChI=1S/C13H19ClN2O/c1-3-12(15)8-13(17)16-9(2)10-4-6-11(14)7-5-10/h4-7,9,12H,3,8,15H2,1-2H3,(H,16,17)/t9-,12?/m1/s1. The Labute approximate surface area is 107 Å². The van der Waals surface area contributed by atoms with E-state index in [1.54, 1.807) is 0 Å². The van der Waals surface area contributed by atoms with Gasteiger partial charge >= 0.3 is 0 Å². The molecule has 1 amide bonds. The van der Waals surface area contributed by atoms with Gasteiger partial charge in [-0.25, -0.2) is 0 Å². The Hall–Kier alpha value is -1.06. The van der Waals surface area contributed by atoms with Crippen LogP contribution >= 0.6 is 11.6 Å². The zero-order valence-electron chi connectivity index (χ0n) is 10.2. The molecule has 3 N–H and O–H groups in total. The van der Waals surface area contributed by atoms with Gasteiger partial charge in [0.15, 0.2) is 0 Å². The Balaban J connectivity index is 2.51. The van der Waals surface area contributed by atoms with E-state index in [-0.39, 0.29) is 18.0 Å². The smallest absolute Gasteiger partial charge is 0.222 e. The fourth-order valence-corrected chi connectivity index (χ4v) is 1.64. The molecule has 0 bridgehead atoms. The largest absolute Gasteiger partial charge is 0.350 e. The number of amides is 1. The molecule has 0 saturated heterocycles. The molecule has 0 aliphatic rings. The topological polar surface area (TPSA) is 55.1 Å². The Kier molecular flexibility index (Phi) is 5.45. The summed E-state index contributed by atoms with van der Waals surface area (Å²) in [5.41, 5.74) is 6.76. The van der Waals surface area contributed by atoms with Crippen LogP contribution in [0.2, 0.25) is 5.02 Å². The van der Waals surface area contributed by atoms with E-state index in [4.69, 9.17) is 17.3 Å². The number of nitrogens with one attached hydrogen (secondary N) is 1. The Bertz CT molecular complexity index is 364. The van der Waals surface area contributed by atoms with E-state index in [0.29, 0.717) is 11.4 Å². The van der Waals surface area contributed by atoms with Crippen LogP contribution in [0.4, 0.5) is 0 Å². The second kappa shape index (κ2) is 6.62. The lowest BCUT2D eigenvalue weighted by Crippen LogP contribution is -2.32. The molecular formula is C13H19ClN2O. The predicted octanol–water partition coefficient (Wildman–Crippen LogP) is 2.64. The average Bonchev–Trinajstić information content (AvgIpc) is 2.29. The van der Waals surface area contributed by atoms with E-state index in [9.17, 15) is 4.79 Å². The second-order valence-corrected chi connectivity index (χ2v) is 4.65. The van der Waals surface area contributed by atoms with Crippen molar-refractivity contribution in [3.63, 3.8) is 0 Å². The van der Waals surface area contributed by atoms with Crippen LogP contribution in [0, 0.1) is 0 Å². The average molecular weight is 255 g/mol. The molecule has 0 fully saturated rings. The molecule has 3 nitrogen and oxygen atoms in total. The summed E-state index contributed by atoms with van der Waals surface area (Å²) in [6.07, 6.45) is 1.18. The lowest BCUT2D eigenvalue weighted by molar-refractivity contribution is -0.122. The molecule has 0 saturated carbocycles. The van der Waals surface area contributed by atoms with E-state index < -0.39 is 0 Å². The van der Waals surface area contributed by atoms with Crippen molar-refractivity contribution in [3.05, 3.63) is 34.9 Å². The fraction of sp³-hybridized carbons (Fsp3) is 0.462. The summed E-state index contributed by atoms with van der Waals surface area (Å²) in [7, 11) is 0. The van der Waals surface area contributed by atoms with Gasteiger partial charge in [-0.15, -0.1) is 0 Å². The third-order valence-corrected chi connectivity index (χ3v) is 2.97. The van der Waals surface area contributed by atoms with Crippen molar-refractivity contribution in [1.29, 1.82) is 0 Å². The minimum atomic E-state index is -0.0626. The van der Waals surface area contributed by atoms with Crippen molar-refractivity contribution in [1.82, 2.24) is 5.32 Å². The Morgan fingerprint density at radius 2 is 2.00 bits per heavy atom. The molecule has 1 rings (SSSR count).